The number of ether oxygens (including phenoxy) is 4. The number of nitro benzene ring substituents is 1. The second kappa shape index (κ2) is 13.8. The van der Waals surface area contributed by atoms with Gasteiger partial charge in [0.15, 0.2) is 5.75 Å². The first-order valence-electron chi connectivity index (χ1n) is 11.4. The van der Waals surface area contributed by atoms with Crippen LogP contribution < -0.4 is 19.5 Å². The van der Waals surface area contributed by atoms with E-state index in [1.165, 1.54) is 52.0 Å². The van der Waals surface area contributed by atoms with Crippen molar-refractivity contribution in [3.05, 3.63) is 51.6 Å². The second-order valence-electron chi connectivity index (χ2n) is 7.73. The number of carbonyl (C=O) groups is 2. The van der Waals surface area contributed by atoms with Gasteiger partial charge < -0.3 is 24.3 Å². The first-order chi connectivity index (χ1) is 16.9. The normalized spacial score (nSPS) is 10.4. The number of nitrogens with zero attached hydrogens (tertiary/aromatic N) is 1. The lowest BCUT2D eigenvalue weighted by Gasteiger charge is -2.15. The van der Waals surface area contributed by atoms with Gasteiger partial charge in [-0.2, -0.15) is 0 Å². The number of unbranched alkanes of at least 4 members (excludes halogenated alkanes) is 5. The minimum atomic E-state index is -0.699. The van der Waals surface area contributed by atoms with Crippen LogP contribution in [0.25, 0.3) is 0 Å². The first kappa shape index (κ1) is 27.4. The number of carbonyl (C=O) groups excluding carboxylic acids is 2. The average molecular weight is 489 g/mol. The molecule has 0 aliphatic carbocycles. The molecule has 0 aliphatic rings. The van der Waals surface area contributed by atoms with Crippen LogP contribution >= 0.6 is 0 Å². The number of para-hydroxylation sites is 1. The highest BCUT2D eigenvalue weighted by atomic mass is 16.6. The maximum absolute atomic E-state index is 13.2. The van der Waals surface area contributed by atoms with Gasteiger partial charge in [-0.1, -0.05) is 45.1 Å². The van der Waals surface area contributed by atoms with Gasteiger partial charge in [0.1, 0.15) is 11.3 Å². The molecule has 2 aromatic carbocycles. The zero-order valence-corrected chi connectivity index (χ0v) is 20.5. The Labute approximate surface area is 204 Å². The van der Waals surface area contributed by atoms with Gasteiger partial charge in [-0.3, -0.25) is 14.9 Å². The number of anilines is 1. The maximum atomic E-state index is 13.2. The Morgan fingerprint density at radius 3 is 2.26 bits per heavy atom. The summed E-state index contributed by atoms with van der Waals surface area (Å²) in [5.74, 6) is -1.27. The molecule has 0 heterocycles. The van der Waals surface area contributed by atoms with E-state index in [-0.39, 0.29) is 34.1 Å². The molecule has 0 aromatic heterocycles. The molecule has 190 valence electrons. The Balaban J connectivity index is 2.30. The summed E-state index contributed by atoms with van der Waals surface area (Å²) in [6, 6.07) is 7.20. The molecule has 1 amide bonds. The number of methoxy groups -OCH3 is 3. The van der Waals surface area contributed by atoms with Crippen LogP contribution in [0.4, 0.5) is 11.4 Å². The molecule has 0 aliphatic heterocycles. The van der Waals surface area contributed by atoms with E-state index >= 15 is 0 Å². The van der Waals surface area contributed by atoms with Crippen molar-refractivity contribution in [1.82, 2.24) is 0 Å². The number of nitro groups is 1. The van der Waals surface area contributed by atoms with Gasteiger partial charge in [-0.15, -0.1) is 0 Å². The Bertz CT molecular complexity index is 1040. The molecular formula is C25H32N2O8. The van der Waals surface area contributed by atoms with Crippen LogP contribution in [0.2, 0.25) is 0 Å². The van der Waals surface area contributed by atoms with Gasteiger partial charge >= 0.3 is 11.7 Å². The predicted molar refractivity (Wildman–Crippen MR) is 131 cm³/mol. The zero-order chi connectivity index (χ0) is 25.8. The molecule has 35 heavy (non-hydrogen) atoms. The molecule has 10 nitrogen and oxygen atoms in total. The van der Waals surface area contributed by atoms with Crippen LogP contribution in [0.5, 0.6) is 17.2 Å². The Hall–Kier alpha value is -3.82. The number of hydrogen-bond donors (Lipinski definition) is 1. The quantitative estimate of drug-likeness (QED) is 0.162. The van der Waals surface area contributed by atoms with Crippen molar-refractivity contribution in [2.24, 2.45) is 0 Å². The van der Waals surface area contributed by atoms with Crippen molar-refractivity contribution in [2.75, 3.05) is 33.3 Å². The Morgan fingerprint density at radius 1 is 0.943 bits per heavy atom. The van der Waals surface area contributed by atoms with E-state index in [2.05, 4.69) is 12.2 Å². The number of hydrogen-bond acceptors (Lipinski definition) is 8. The van der Waals surface area contributed by atoms with Crippen molar-refractivity contribution in [3.63, 3.8) is 0 Å². The average Bonchev–Trinajstić information content (AvgIpc) is 2.86. The highest BCUT2D eigenvalue weighted by Gasteiger charge is 2.27. The monoisotopic (exact) mass is 488 g/mol. The lowest BCUT2D eigenvalue weighted by atomic mass is 10.1. The van der Waals surface area contributed by atoms with Crippen LogP contribution in [0.3, 0.4) is 0 Å². The number of esters is 1. The highest BCUT2D eigenvalue weighted by molar-refractivity contribution is 6.09. The summed E-state index contributed by atoms with van der Waals surface area (Å²) in [6.45, 7) is 2.52. The van der Waals surface area contributed by atoms with Crippen molar-refractivity contribution in [2.45, 2.75) is 45.4 Å². The van der Waals surface area contributed by atoms with Crippen molar-refractivity contribution in [1.29, 1.82) is 0 Å². The molecule has 0 bridgehead atoms. The molecular weight excluding hydrogens is 456 g/mol. The van der Waals surface area contributed by atoms with Gasteiger partial charge in [0.2, 0.25) is 5.75 Å². The molecule has 0 radical (unpaired) electrons. The molecule has 0 spiro atoms. The Kier molecular flexibility index (Phi) is 10.8. The fourth-order valence-corrected chi connectivity index (χ4v) is 3.58. The molecule has 0 atom stereocenters. The van der Waals surface area contributed by atoms with Crippen LogP contribution in [0, 0.1) is 10.1 Å². The van der Waals surface area contributed by atoms with Gasteiger partial charge in [0, 0.05) is 0 Å². The summed E-state index contributed by atoms with van der Waals surface area (Å²) in [5.41, 5.74) is -0.191. The van der Waals surface area contributed by atoms with Crippen molar-refractivity contribution in [3.8, 4) is 17.2 Å². The third kappa shape index (κ3) is 7.33. The van der Waals surface area contributed by atoms with E-state index in [9.17, 15) is 19.7 Å². The van der Waals surface area contributed by atoms with Crippen LogP contribution in [-0.4, -0.2) is 44.7 Å². The summed E-state index contributed by atoms with van der Waals surface area (Å²) >= 11 is 0. The number of rotatable bonds is 14. The topological polar surface area (TPSA) is 126 Å². The van der Waals surface area contributed by atoms with E-state index in [1.807, 2.05) is 0 Å². The lowest BCUT2D eigenvalue weighted by Crippen LogP contribution is -2.16. The van der Waals surface area contributed by atoms with E-state index in [0.29, 0.717) is 6.61 Å². The molecule has 1 N–H and O–H groups in total. The molecule has 10 heteroatoms. The largest absolute Gasteiger partial charge is 0.494 e. The standard InChI is InChI=1S/C25H32N2O8/c1-5-6-7-8-9-10-14-35-17-15-19(23(33-3)21(16-17)27(30)31)24(28)26-20-13-11-12-18(22(20)32-2)25(29)34-4/h11-13,15-16H,5-10,14H2,1-4H3,(H,26,28). The third-order valence-electron chi connectivity index (χ3n) is 5.33. The fourth-order valence-electron chi connectivity index (χ4n) is 3.58. The van der Waals surface area contributed by atoms with Crippen molar-refractivity contribution >= 4 is 23.3 Å². The summed E-state index contributed by atoms with van der Waals surface area (Å²) in [4.78, 5) is 36.2. The van der Waals surface area contributed by atoms with Crippen LogP contribution in [-0.2, 0) is 4.74 Å². The Morgan fingerprint density at radius 2 is 1.63 bits per heavy atom. The molecule has 0 fully saturated rings. The molecule has 0 saturated heterocycles. The first-order valence-corrected chi connectivity index (χ1v) is 11.4. The highest BCUT2D eigenvalue weighted by Crippen LogP contribution is 2.37. The third-order valence-corrected chi connectivity index (χ3v) is 5.33. The van der Waals surface area contributed by atoms with E-state index in [4.69, 9.17) is 18.9 Å². The van der Waals surface area contributed by atoms with Gasteiger partial charge in [0.05, 0.1) is 50.2 Å². The fraction of sp³-hybridized carbons (Fsp3) is 0.440. The second-order valence-corrected chi connectivity index (χ2v) is 7.73. The molecule has 2 aromatic rings. The summed E-state index contributed by atoms with van der Waals surface area (Å²) < 4.78 is 21.0. The number of benzene rings is 2. The van der Waals surface area contributed by atoms with Crippen LogP contribution in [0.15, 0.2) is 30.3 Å². The number of nitrogens with one attached hydrogen (secondary N) is 1. The van der Waals surface area contributed by atoms with Gasteiger partial charge in [0.25, 0.3) is 5.91 Å². The van der Waals surface area contributed by atoms with Crippen molar-refractivity contribution < 1.29 is 33.5 Å². The van der Waals surface area contributed by atoms with E-state index in [1.54, 1.807) is 6.07 Å². The molecule has 2 rings (SSSR count). The molecule has 0 saturated carbocycles. The van der Waals surface area contributed by atoms with Crippen LogP contribution in [0.1, 0.15) is 66.2 Å². The minimum absolute atomic E-state index is 0.0924. The minimum Gasteiger partial charge on any atom is -0.494 e. The molecule has 0 unspecified atom stereocenters. The summed E-state index contributed by atoms with van der Waals surface area (Å²) in [7, 11) is 3.82. The smallest absolute Gasteiger partial charge is 0.341 e. The van der Waals surface area contributed by atoms with E-state index in [0.717, 1.165) is 32.1 Å². The zero-order valence-electron chi connectivity index (χ0n) is 20.5. The SMILES string of the molecule is CCCCCCCCOc1cc(C(=O)Nc2cccc(C(=O)OC)c2OC)c(OC)c([N+](=O)[O-])c1. The van der Waals surface area contributed by atoms with E-state index < -0.39 is 22.5 Å². The summed E-state index contributed by atoms with van der Waals surface area (Å²) in [5, 5.41) is 14.3. The summed E-state index contributed by atoms with van der Waals surface area (Å²) in [6.07, 6.45) is 6.40. The van der Waals surface area contributed by atoms with Gasteiger partial charge in [-0.25, -0.2) is 4.79 Å². The lowest BCUT2D eigenvalue weighted by molar-refractivity contribution is -0.385. The predicted octanol–water partition coefficient (Wildman–Crippen LogP) is 5.39. The maximum Gasteiger partial charge on any atom is 0.341 e. The van der Waals surface area contributed by atoms with Gasteiger partial charge in [-0.05, 0) is 24.6 Å². The number of amides is 1.